The highest BCUT2D eigenvalue weighted by molar-refractivity contribution is 6.33. The molecule has 1 N–H and O–H groups in total. The first-order chi connectivity index (χ1) is 9.11. The third kappa shape index (κ3) is 3.62. The quantitative estimate of drug-likeness (QED) is 0.919. The van der Waals surface area contributed by atoms with Crippen LogP contribution in [0.1, 0.15) is 26.3 Å². The van der Waals surface area contributed by atoms with Gasteiger partial charge >= 0.3 is 0 Å². The van der Waals surface area contributed by atoms with Crippen LogP contribution in [0.25, 0.3) is 0 Å². The predicted molar refractivity (Wildman–Crippen MR) is 81.1 cm³/mol. The smallest absolute Gasteiger partial charge is 0.0726 e. The van der Waals surface area contributed by atoms with Crippen LogP contribution in [0.4, 0.5) is 5.69 Å². The Hall–Kier alpha value is -0.770. The second-order valence-electron chi connectivity index (χ2n) is 5.19. The summed E-state index contributed by atoms with van der Waals surface area (Å²) >= 11 is 6.43. The molecule has 2 atom stereocenters. The minimum absolute atomic E-state index is 0.243. The standard InChI is InChI=1S/C15H23ClN2O/c1-4-17-8-13-6-5-7-14(16)15(13)18-9-11(2)19-12(3)10-18/h5-7,11-12,17H,4,8-10H2,1-3H3/t11-,12+. The van der Waals surface area contributed by atoms with Crippen molar-refractivity contribution in [1.29, 1.82) is 0 Å². The number of benzene rings is 1. The van der Waals surface area contributed by atoms with Gasteiger partial charge in [-0.15, -0.1) is 0 Å². The molecule has 0 radical (unpaired) electrons. The van der Waals surface area contributed by atoms with Crippen molar-refractivity contribution in [3.63, 3.8) is 0 Å². The minimum Gasteiger partial charge on any atom is -0.372 e. The van der Waals surface area contributed by atoms with Crippen LogP contribution < -0.4 is 10.2 Å². The van der Waals surface area contributed by atoms with Crippen LogP contribution in [0.3, 0.4) is 0 Å². The molecule has 0 spiro atoms. The number of morpholine rings is 1. The number of para-hydroxylation sites is 1. The van der Waals surface area contributed by atoms with Crippen LogP contribution in [0, 0.1) is 0 Å². The zero-order valence-electron chi connectivity index (χ0n) is 11.9. The molecule has 1 fully saturated rings. The minimum atomic E-state index is 0.243. The van der Waals surface area contributed by atoms with Crippen molar-refractivity contribution in [3.8, 4) is 0 Å². The highest BCUT2D eigenvalue weighted by Gasteiger charge is 2.25. The zero-order valence-corrected chi connectivity index (χ0v) is 12.7. The fourth-order valence-electron chi connectivity index (χ4n) is 2.68. The Bertz CT molecular complexity index is 415. The largest absolute Gasteiger partial charge is 0.372 e. The molecule has 0 amide bonds. The summed E-state index contributed by atoms with van der Waals surface area (Å²) in [4.78, 5) is 2.36. The first-order valence-electron chi connectivity index (χ1n) is 7.00. The Morgan fingerprint density at radius 1 is 1.32 bits per heavy atom. The number of nitrogens with zero attached hydrogens (tertiary/aromatic N) is 1. The zero-order chi connectivity index (χ0) is 13.8. The lowest BCUT2D eigenvalue weighted by atomic mass is 10.1. The molecule has 1 aromatic rings. The maximum atomic E-state index is 6.43. The first kappa shape index (κ1) is 14.6. The number of anilines is 1. The first-order valence-corrected chi connectivity index (χ1v) is 7.38. The monoisotopic (exact) mass is 282 g/mol. The van der Waals surface area contributed by atoms with Gasteiger partial charge in [0.15, 0.2) is 0 Å². The molecule has 0 bridgehead atoms. The van der Waals surface area contributed by atoms with Gasteiger partial charge in [0, 0.05) is 19.6 Å². The Labute approximate surface area is 120 Å². The normalized spacial score (nSPS) is 23.7. The van der Waals surface area contributed by atoms with Crippen LogP contribution in [0.15, 0.2) is 18.2 Å². The molecule has 1 aromatic carbocycles. The molecule has 0 unspecified atom stereocenters. The fraction of sp³-hybridized carbons (Fsp3) is 0.600. The lowest BCUT2D eigenvalue weighted by molar-refractivity contribution is -0.00525. The van der Waals surface area contributed by atoms with Gasteiger partial charge in [0.1, 0.15) is 0 Å². The fourth-order valence-corrected chi connectivity index (χ4v) is 2.99. The van der Waals surface area contributed by atoms with Gasteiger partial charge in [0.25, 0.3) is 0 Å². The number of nitrogens with one attached hydrogen (secondary N) is 1. The second kappa shape index (κ2) is 6.60. The van der Waals surface area contributed by atoms with E-state index < -0.39 is 0 Å². The van der Waals surface area contributed by atoms with Crippen molar-refractivity contribution in [3.05, 3.63) is 28.8 Å². The van der Waals surface area contributed by atoms with Gasteiger partial charge in [-0.3, -0.25) is 0 Å². The van der Waals surface area contributed by atoms with Crippen molar-refractivity contribution in [1.82, 2.24) is 5.32 Å². The van der Waals surface area contributed by atoms with Crippen molar-refractivity contribution in [2.45, 2.75) is 39.5 Å². The molecule has 1 heterocycles. The van der Waals surface area contributed by atoms with Crippen LogP contribution in [-0.4, -0.2) is 31.8 Å². The van der Waals surface area contributed by atoms with E-state index >= 15 is 0 Å². The molecule has 0 saturated carbocycles. The molecule has 3 nitrogen and oxygen atoms in total. The lowest BCUT2D eigenvalue weighted by Crippen LogP contribution is -2.46. The molecule has 1 aliphatic rings. The van der Waals surface area contributed by atoms with E-state index in [1.807, 2.05) is 12.1 Å². The van der Waals surface area contributed by atoms with Gasteiger partial charge in [-0.2, -0.15) is 0 Å². The van der Waals surface area contributed by atoms with Crippen molar-refractivity contribution < 1.29 is 4.74 Å². The van der Waals surface area contributed by atoms with Crippen molar-refractivity contribution in [2.24, 2.45) is 0 Å². The van der Waals surface area contributed by atoms with Crippen LogP contribution >= 0.6 is 11.6 Å². The summed E-state index contributed by atoms with van der Waals surface area (Å²) in [6.07, 6.45) is 0.485. The number of hydrogen-bond donors (Lipinski definition) is 1. The van der Waals surface area contributed by atoms with Gasteiger partial charge in [-0.25, -0.2) is 0 Å². The van der Waals surface area contributed by atoms with E-state index in [1.165, 1.54) is 5.56 Å². The van der Waals surface area contributed by atoms with E-state index in [1.54, 1.807) is 0 Å². The number of halogens is 1. The topological polar surface area (TPSA) is 24.5 Å². The summed E-state index contributed by atoms with van der Waals surface area (Å²) in [5.41, 5.74) is 2.42. The predicted octanol–water partition coefficient (Wildman–Crippen LogP) is 3.06. The molecule has 1 saturated heterocycles. The molecule has 2 rings (SSSR count). The Morgan fingerprint density at radius 2 is 2.00 bits per heavy atom. The van der Waals surface area contributed by atoms with E-state index in [0.29, 0.717) is 0 Å². The molecule has 1 aliphatic heterocycles. The highest BCUT2D eigenvalue weighted by atomic mass is 35.5. The Morgan fingerprint density at radius 3 is 2.63 bits per heavy atom. The van der Waals surface area contributed by atoms with Gasteiger partial charge in [0.05, 0.1) is 22.9 Å². The van der Waals surface area contributed by atoms with Crippen LogP contribution in [-0.2, 0) is 11.3 Å². The third-order valence-corrected chi connectivity index (χ3v) is 3.68. The molecule has 0 aromatic heterocycles. The van der Waals surface area contributed by atoms with Gasteiger partial charge in [0.2, 0.25) is 0 Å². The summed E-state index contributed by atoms with van der Waals surface area (Å²) in [5, 5.41) is 4.21. The van der Waals surface area contributed by atoms with E-state index in [2.05, 4.69) is 37.1 Å². The summed E-state index contributed by atoms with van der Waals surface area (Å²) in [5.74, 6) is 0. The van der Waals surface area contributed by atoms with Crippen molar-refractivity contribution >= 4 is 17.3 Å². The molecule has 0 aliphatic carbocycles. The SMILES string of the molecule is CCNCc1cccc(Cl)c1N1C[C@@H](C)O[C@@H](C)C1. The average Bonchev–Trinajstić information content (AvgIpc) is 2.35. The maximum Gasteiger partial charge on any atom is 0.0726 e. The van der Waals surface area contributed by atoms with E-state index in [0.717, 1.165) is 36.9 Å². The van der Waals surface area contributed by atoms with Gasteiger partial charge in [-0.05, 0) is 32.0 Å². The average molecular weight is 283 g/mol. The third-order valence-electron chi connectivity index (χ3n) is 3.37. The Balaban J connectivity index is 2.26. The van der Waals surface area contributed by atoms with Gasteiger partial charge < -0.3 is 15.0 Å². The van der Waals surface area contributed by atoms with E-state index in [4.69, 9.17) is 16.3 Å². The molecular formula is C15H23ClN2O. The summed E-state index contributed by atoms with van der Waals surface area (Å²) in [6, 6.07) is 6.14. The molecule has 19 heavy (non-hydrogen) atoms. The number of rotatable bonds is 4. The van der Waals surface area contributed by atoms with Crippen molar-refractivity contribution in [2.75, 3.05) is 24.5 Å². The van der Waals surface area contributed by atoms with Crippen LogP contribution in [0.2, 0.25) is 5.02 Å². The van der Waals surface area contributed by atoms with Gasteiger partial charge in [-0.1, -0.05) is 30.7 Å². The Kier molecular flexibility index (Phi) is 5.08. The van der Waals surface area contributed by atoms with Crippen LogP contribution in [0.5, 0.6) is 0 Å². The summed E-state index contributed by atoms with van der Waals surface area (Å²) in [6.45, 7) is 9.95. The molecular weight excluding hydrogens is 260 g/mol. The number of ether oxygens (including phenoxy) is 1. The second-order valence-corrected chi connectivity index (χ2v) is 5.60. The highest BCUT2D eigenvalue weighted by Crippen LogP contribution is 2.32. The summed E-state index contributed by atoms with van der Waals surface area (Å²) in [7, 11) is 0. The molecule has 4 heteroatoms. The maximum absolute atomic E-state index is 6.43. The number of hydrogen-bond acceptors (Lipinski definition) is 3. The lowest BCUT2D eigenvalue weighted by Gasteiger charge is -2.38. The van der Waals surface area contributed by atoms with E-state index in [-0.39, 0.29) is 12.2 Å². The summed E-state index contributed by atoms with van der Waals surface area (Å²) < 4.78 is 5.80. The molecule has 106 valence electrons. The van der Waals surface area contributed by atoms with E-state index in [9.17, 15) is 0 Å².